The van der Waals surface area contributed by atoms with Gasteiger partial charge in [-0.15, -0.1) is 0 Å². The van der Waals surface area contributed by atoms with Crippen LogP contribution in [0.25, 0.3) is 0 Å². The van der Waals surface area contributed by atoms with Gasteiger partial charge in [0.15, 0.2) is 5.78 Å². The highest BCUT2D eigenvalue weighted by Crippen LogP contribution is 2.18. The summed E-state index contributed by atoms with van der Waals surface area (Å²) in [5, 5.41) is 4.38. The summed E-state index contributed by atoms with van der Waals surface area (Å²) in [5.41, 5.74) is 1.74. The number of thioether (sulfide) groups is 1. The van der Waals surface area contributed by atoms with E-state index in [2.05, 4.69) is 10.1 Å². The summed E-state index contributed by atoms with van der Waals surface area (Å²) in [7, 11) is 1.59. The number of nitrogens with zero attached hydrogens (tertiary/aromatic N) is 2. The second-order valence-corrected chi connectivity index (χ2v) is 6.02. The average Bonchev–Trinajstić information content (AvgIpc) is 3.08. The Bertz CT molecular complexity index is 801. The number of aromatic nitrogens is 2. The molecule has 122 valence electrons. The zero-order chi connectivity index (χ0) is 16.8. The highest BCUT2D eigenvalue weighted by Gasteiger charge is 2.11. The summed E-state index contributed by atoms with van der Waals surface area (Å²) < 4.78 is 10.3. The standard InChI is InChI=1S/C18H16N2O3S/c1-22-15-9-7-14(8-10-15)16(21)12-24-18-19-17(23-20-18)11-13-5-3-2-4-6-13/h2-10H,11-12H2,1H3. The summed E-state index contributed by atoms with van der Waals surface area (Å²) in [4.78, 5) is 16.5. The number of carbonyl (C=O) groups is 1. The molecule has 1 aromatic heterocycles. The first-order valence-corrected chi connectivity index (χ1v) is 8.40. The molecule has 3 aromatic rings. The van der Waals surface area contributed by atoms with Gasteiger partial charge in [-0.1, -0.05) is 47.3 Å². The lowest BCUT2D eigenvalue weighted by Gasteiger charge is -2.01. The number of Topliss-reactive ketones (excluding diaryl/α,β-unsaturated/α-hetero) is 1. The molecule has 5 nitrogen and oxygen atoms in total. The van der Waals surface area contributed by atoms with E-state index in [-0.39, 0.29) is 11.5 Å². The first-order chi connectivity index (χ1) is 11.7. The third-order valence-electron chi connectivity index (χ3n) is 3.39. The maximum absolute atomic E-state index is 12.2. The quantitative estimate of drug-likeness (QED) is 0.483. The average molecular weight is 340 g/mol. The first kappa shape index (κ1) is 16.3. The van der Waals surface area contributed by atoms with Gasteiger partial charge in [-0.2, -0.15) is 4.98 Å². The Kier molecular flexibility index (Phi) is 5.28. The molecule has 24 heavy (non-hydrogen) atoms. The Labute approximate surface area is 144 Å². The summed E-state index contributed by atoms with van der Waals surface area (Å²) in [6, 6.07) is 16.9. The Morgan fingerprint density at radius 2 is 1.88 bits per heavy atom. The number of methoxy groups -OCH3 is 1. The normalized spacial score (nSPS) is 10.5. The lowest BCUT2D eigenvalue weighted by molar-refractivity contribution is 0.102. The Balaban J connectivity index is 1.55. The van der Waals surface area contributed by atoms with Crippen molar-refractivity contribution in [1.29, 1.82) is 0 Å². The molecule has 0 atom stereocenters. The van der Waals surface area contributed by atoms with Crippen LogP contribution in [0.2, 0.25) is 0 Å². The van der Waals surface area contributed by atoms with Crippen LogP contribution in [0, 0.1) is 0 Å². The number of carbonyl (C=O) groups excluding carboxylic acids is 1. The molecule has 3 rings (SSSR count). The maximum atomic E-state index is 12.2. The molecular formula is C18H16N2O3S. The Hall–Kier alpha value is -2.60. The van der Waals surface area contributed by atoms with Crippen molar-refractivity contribution < 1.29 is 14.1 Å². The molecule has 0 aliphatic rings. The first-order valence-electron chi connectivity index (χ1n) is 7.41. The molecule has 0 aliphatic heterocycles. The van der Waals surface area contributed by atoms with Crippen LogP contribution in [0.4, 0.5) is 0 Å². The van der Waals surface area contributed by atoms with E-state index in [0.717, 1.165) is 11.3 Å². The van der Waals surface area contributed by atoms with Crippen LogP contribution in [-0.2, 0) is 6.42 Å². The molecule has 0 amide bonds. The van der Waals surface area contributed by atoms with Crippen LogP contribution in [-0.4, -0.2) is 28.8 Å². The van der Waals surface area contributed by atoms with Crippen molar-refractivity contribution in [2.24, 2.45) is 0 Å². The Morgan fingerprint density at radius 1 is 1.12 bits per heavy atom. The van der Waals surface area contributed by atoms with Gasteiger partial charge in [0.2, 0.25) is 11.0 Å². The predicted octanol–water partition coefficient (Wildman–Crippen LogP) is 3.64. The third kappa shape index (κ3) is 4.23. The van der Waals surface area contributed by atoms with E-state index < -0.39 is 0 Å². The lowest BCUT2D eigenvalue weighted by atomic mass is 10.1. The molecule has 0 aliphatic carbocycles. The number of ether oxygens (including phenoxy) is 1. The molecule has 0 fully saturated rings. The fourth-order valence-corrected chi connectivity index (χ4v) is 2.81. The van der Waals surface area contributed by atoms with Gasteiger partial charge in [-0.25, -0.2) is 0 Å². The molecule has 0 spiro atoms. The van der Waals surface area contributed by atoms with Crippen LogP contribution in [0.5, 0.6) is 5.75 Å². The van der Waals surface area contributed by atoms with Crippen molar-refractivity contribution in [3.8, 4) is 5.75 Å². The van der Waals surface area contributed by atoms with E-state index in [0.29, 0.717) is 23.0 Å². The van der Waals surface area contributed by atoms with Crippen molar-refractivity contribution >= 4 is 17.5 Å². The number of hydrogen-bond donors (Lipinski definition) is 0. The fraction of sp³-hybridized carbons (Fsp3) is 0.167. The molecule has 0 radical (unpaired) electrons. The second-order valence-electron chi connectivity index (χ2n) is 5.07. The second kappa shape index (κ2) is 7.79. The van der Waals surface area contributed by atoms with Crippen molar-refractivity contribution in [2.45, 2.75) is 11.6 Å². The number of hydrogen-bond acceptors (Lipinski definition) is 6. The largest absolute Gasteiger partial charge is 0.497 e. The van der Waals surface area contributed by atoms with Gasteiger partial charge in [0, 0.05) is 5.56 Å². The third-order valence-corrected chi connectivity index (χ3v) is 4.22. The fourth-order valence-electron chi connectivity index (χ4n) is 2.13. The van der Waals surface area contributed by atoms with Crippen LogP contribution in [0.15, 0.2) is 64.3 Å². The van der Waals surface area contributed by atoms with Crippen LogP contribution in [0.1, 0.15) is 21.8 Å². The molecule has 0 saturated heterocycles. The van der Waals surface area contributed by atoms with Crippen LogP contribution < -0.4 is 4.74 Å². The number of rotatable bonds is 7. The molecule has 2 aromatic carbocycles. The minimum Gasteiger partial charge on any atom is -0.497 e. The highest BCUT2D eigenvalue weighted by atomic mass is 32.2. The summed E-state index contributed by atoms with van der Waals surface area (Å²) in [6.45, 7) is 0. The van der Waals surface area contributed by atoms with Gasteiger partial charge in [0.05, 0.1) is 19.3 Å². The van der Waals surface area contributed by atoms with Crippen LogP contribution in [0.3, 0.4) is 0 Å². The maximum Gasteiger partial charge on any atom is 0.231 e. The predicted molar refractivity (Wildman–Crippen MR) is 91.6 cm³/mol. The highest BCUT2D eigenvalue weighted by molar-refractivity contribution is 7.99. The van der Waals surface area contributed by atoms with Gasteiger partial charge in [-0.05, 0) is 29.8 Å². The van der Waals surface area contributed by atoms with Crippen LogP contribution >= 0.6 is 11.8 Å². The SMILES string of the molecule is COc1ccc(C(=O)CSc2noc(Cc3ccccc3)n2)cc1. The monoisotopic (exact) mass is 340 g/mol. The molecule has 6 heteroatoms. The van der Waals surface area contributed by atoms with Gasteiger partial charge in [-0.3, -0.25) is 4.79 Å². The van der Waals surface area contributed by atoms with Gasteiger partial charge >= 0.3 is 0 Å². The van der Waals surface area contributed by atoms with Crippen molar-refractivity contribution in [3.63, 3.8) is 0 Å². The van der Waals surface area contributed by atoms with Crippen molar-refractivity contribution in [3.05, 3.63) is 71.6 Å². The van der Waals surface area contributed by atoms with E-state index in [4.69, 9.17) is 9.26 Å². The Morgan fingerprint density at radius 3 is 2.58 bits per heavy atom. The smallest absolute Gasteiger partial charge is 0.231 e. The van der Waals surface area contributed by atoms with Crippen molar-refractivity contribution in [2.75, 3.05) is 12.9 Å². The summed E-state index contributed by atoms with van der Waals surface area (Å²) >= 11 is 1.27. The molecule has 0 N–H and O–H groups in total. The molecule has 1 heterocycles. The van der Waals surface area contributed by atoms with Gasteiger partial charge < -0.3 is 9.26 Å². The van der Waals surface area contributed by atoms with E-state index in [1.807, 2.05) is 30.3 Å². The zero-order valence-corrected chi connectivity index (χ0v) is 14.0. The lowest BCUT2D eigenvalue weighted by Crippen LogP contribution is -2.02. The number of benzene rings is 2. The van der Waals surface area contributed by atoms with E-state index in [9.17, 15) is 4.79 Å². The summed E-state index contributed by atoms with van der Waals surface area (Å²) in [6.07, 6.45) is 0.584. The van der Waals surface area contributed by atoms with Crippen molar-refractivity contribution in [1.82, 2.24) is 10.1 Å². The van der Waals surface area contributed by atoms with Gasteiger partial charge in [0.25, 0.3) is 0 Å². The molecule has 0 bridgehead atoms. The minimum absolute atomic E-state index is 0.0112. The van der Waals surface area contributed by atoms with E-state index in [1.54, 1.807) is 31.4 Å². The minimum atomic E-state index is 0.0112. The van der Waals surface area contributed by atoms with Gasteiger partial charge in [0.1, 0.15) is 5.75 Å². The van der Waals surface area contributed by atoms with E-state index in [1.165, 1.54) is 11.8 Å². The topological polar surface area (TPSA) is 65.2 Å². The zero-order valence-electron chi connectivity index (χ0n) is 13.1. The van der Waals surface area contributed by atoms with E-state index >= 15 is 0 Å². The number of ketones is 1. The summed E-state index contributed by atoms with van der Waals surface area (Å²) in [5.74, 6) is 1.54. The molecule has 0 unspecified atom stereocenters. The molecule has 0 saturated carbocycles. The molecular weight excluding hydrogens is 324 g/mol.